The van der Waals surface area contributed by atoms with Crippen molar-refractivity contribution in [2.75, 3.05) is 0 Å². The van der Waals surface area contributed by atoms with E-state index in [1.165, 1.54) is 0 Å². The Hall–Kier alpha value is -1.43. The molecule has 0 aromatic heterocycles. The van der Waals surface area contributed by atoms with Gasteiger partial charge in [-0.05, 0) is 19.1 Å². The third-order valence-corrected chi connectivity index (χ3v) is 2.88. The van der Waals surface area contributed by atoms with Gasteiger partial charge in [0.25, 0.3) is 0 Å². The van der Waals surface area contributed by atoms with Crippen LogP contribution >= 0.6 is 0 Å². The summed E-state index contributed by atoms with van der Waals surface area (Å²) in [5, 5.41) is 19.1. The molecule has 1 aromatic rings. The van der Waals surface area contributed by atoms with Gasteiger partial charge >= 0.3 is 5.97 Å². The molecule has 0 amide bonds. The maximum absolute atomic E-state index is 11.8. The number of carbonyl (C=O) groups is 1. The first-order chi connectivity index (χ1) is 8.58. The SMILES string of the molecule is C[C@H]1C[C@@H](OC(=O)c2ccccc2)[C@@H](O)[C@H](O)O1. The summed E-state index contributed by atoms with van der Waals surface area (Å²) >= 11 is 0. The lowest BCUT2D eigenvalue weighted by molar-refractivity contribution is -0.242. The Bertz CT molecular complexity index is 405. The van der Waals surface area contributed by atoms with E-state index in [9.17, 15) is 15.0 Å². The van der Waals surface area contributed by atoms with Gasteiger partial charge in [0.2, 0.25) is 0 Å². The topological polar surface area (TPSA) is 76.0 Å². The second kappa shape index (κ2) is 5.48. The molecule has 1 heterocycles. The normalized spacial score (nSPS) is 31.9. The molecule has 0 aliphatic carbocycles. The molecular formula is C13H16O5. The summed E-state index contributed by atoms with van der Waals surface area (Å²) < 4.78 is 10.2. The molecule has 1 aliphatic rings. The van der Waals surface area contributed by atoms with Crippen molar-refractivity contribution >= 4 is 5.97 Å². The first kappa shape index (κ1) is 13.0. The van der Waals surface area contributed by atoms with Crippen LogP contribution in [0.5, 0.6) is 0 Å². The Kier molecular flexibility index (Phi) is 3.96. The highest BCUT2D eigenvalue weighted by atomic mass is 16.6. The van der Waals surface area contributed by atoms with E-state index in [1.807, 2.05) is 0 Å². The molecule has 98 valence electrons. The molecule has 0 spiro atoms. The van der Waals surface area contributed by atoms with Crippen molar-refractivity contribution in [2.45, 2.75) is 37.9 Å². The molecule has 1 saturated heterocycles. The molecule has 0 radical (unpaired) electrons. The number of hydrogen-bond acceptors (Lipinski definition) is 5. The highest BCUT2D eigenvalue weighted by Gasteiger charge is 2.37. The number of esters is 1. The van der Waals surface area contributed by atoms with Crippen LogP contribution in [-0.4, -0.2) is 40.8 Å². The molecule has 0 unspecified atom stereocenters. The Labute approximate surface area is 105 Å². The minimum absolute atomic E-state index is 0.267. The molecule has 5 nitrogen and oxygen atoms in total. The summed E-state index contributed by atoms with van der Waals surface area (Å²) in [6.45, 7) is 1.75. The van der Waals surface area contributed by atoms with Gasteiger partial charge in [0, 0.05) is 6.42 Å². The summed E-state index contributed by atoms with van der Waals surface area (Å²) in [5.41, 5.74) is 0.415. The molecule has 5 heteroatoms. The summed E-state index contributed by atoms with van der Waals surface area (Å²) in [6.07, 6.45) is -3.19. The summed E-state index contributed by atoms with van der Waals surface area (Å²) in [4.78, 5) is 11.8. The third kappa shape index (κ3) is 2.87. The maximum atomic E-state index is 11.8. The fraction of sp³-hybridized carbons (Fsp3) is 0.462. The minimum Gasteiger partial charge on any atom is -0.456 e. The van der Waals surface area contributed by atoms with Crippen LogP contribution in [0.25, 0.3) is 0 Å². The lowest BCUT2D eigenvalue weighted by Crippen LogP contribution is -2.49. The predicted molar refractivity (Wildman–Crippen MR) is 62.8 cm³/mol. The van der Waals surface area contributed by atoms with Gasteiger partial charge < -0.3 is 19.7 Å². The van der Waals surface area contributed by atoms with Gasteiger partial charge in [0.15, 0.2) is 6.29 Å². The second-order valence-electron chi connectivity index (χ2n) is 4.37. The van der Waals surface area contributed by atoms with Crippen molar-refractivity contribution in [1.82, 2.24) is 0 Å². The zero-order valence-electron chi connectivity index (χ0n) is 10.0. The van der Waals surface area contributed by atoms with E-state index in [0.717, 1.165) is 0 Å². The standard InChI is InChI=1S/C13H16O5/c1-8-7-10(11(14)13(16)17-8)18-12(15)9-5-3-2-4-6-9/h2-6,8,10-11,13-14,16H,7H2,1H3/t8-,10+,11+,13+/m0/s1. The van der Waals surface area contributed by atoms with Gasteiger partial charge in [-0.1, -0.05) is 18.2 Å². The van der Waals surface area contributed by atoms with Crippen molar-refractivity contribution in [3.05, 3.63) is 35.9 Å². The van der Waals surface area contributed by atoms with E-state index < -0.39 is 24.5 Å². The fourth-order valence-corrected chi connectivity index (χ4v) is 1.92. The highest BCUT2D eigenvalue weighted by molar-refractivity contribution is 5.89. The lowest BCUT2D eigenvalue weighted by atomic mass is 10.0. The van der Waals surface area contributed by atoms with Gasteiger partial charge in [0.1, 0.15) is 12.2 Å². The van der Waals surface area contributed by atoms with Gasteiger partial charge in [-0.15, -0.1) is 0 Å². The molecule has 4 atom stereocenters. The molecule has 1 fully saturated rings. The monoisotopic (exact) mass is 252 g/mol. The van der Waals surface area contributed by atoms with E-state index in [-0.39, 0.29) is 6.10 Å². The Balaban J connectivity index is 2.02. The molecular weight excluding hydrogens is 236 g/mol. The summed E-state index contributed by atoms with van der Waals surface area (Å²) in [5.74, 6) is -0.513. The van der Waals surface area contributed by atoms with Crippen LogP contribution in [0.1, 0.15) is 23.7 Å². The first-order valence-electron chi connectivity index (χ1n) is 5.85. The van der Waals surface area contributed by atoms with Gasteiger partial charge in [-0.25, -0.2) is 4.79 Å². The zero-order valence-corrected chi connectivity index (χ0v) is 10.0. The van der Waals surface area contributed by atoms with E-state index >= 15 is 0 Å². The highest BCUT2D eigenvalue weighted by Crippen LogP contribution is 2.22. The van der Waals surface area contributed by atoms with Crippen molar-refractivity contribution in [3.8, 4) is 0 Å². The van der Waals surface area contributed by atoms with E-state index in [2.05, 4.69) is 0 Å². The van der Waals surface area contributed by atoms with Crippen molar-refractivity contribution in [2.24, 2.45) is 0 Å². The molecule has 0 saturated carbocycles. The zero-order chi connectivity index (χ0) is 13.1. The van der Waals surface area contributed by atoms with Crippen molar-refractivity contribution < 1.29 is 24.5 Å². The molecule has 2 rings (SSSR count). The van der Waals surface area contributed by atoms with Crippen LogP contribution in [0.4, 0.5) is 0 Å². The average molecular weight is 252 g/mol. The van der Waals surface area contributed by atoms with Crippen LogP contribution in [0.3, 0.4) is 0 Å². The Morgan fingerprint density at radius 2 is 2.00 bits per heavy atom. The van der Waals surface area contributed by atoms with Gasteiger partial charge in [-0.2, -0.15) is 0 Å². The Morgan fingerprint density at radius 3 is 2.67 bits per heavy atom. The number of ether oxygens (including phenoxy) is 2. The van der Waals surface area contributed by atoms with Crippen molar-refractivity contribution in [1.29, 1.82) is 0 Å². The fourth-order valence-electron chi connectivity index (χ4n) is 1.92. The third-order valence-electron chi connectivity index (χ3n) is 2.88. The molecule has 1 aromatic carbocycles. The Morgan fingerprint density at radius 1 is 1.33 bits per heavy atom. The van der Waals surface area contributed by atoms with E-state index in [4.69, 9.17) is 9.47 Å². The van der Waals surface area contributed by atoms with E-state index in [0.29, 0.717) is 12.0 Å². The summed E-state index contributed by atoms with van der Waals surface area (Å²) in [7, 11) is 0. The molecule has 1 aliphatic heterocycles. The smallest absolute Gasteiger partial charge is 0.338 e. The molecule has 0 bridgehead atoms. The van der Waals surface area contributed by atoms with Crippen LogP contribution in [0, 0.1) is 0 Å². The van der Waals surface area contributed by atoms with Crippen molar-refractivity contribution in [3.63, 3.8) is 0 Å². The maximum Gasteiger partial charge on any atom is 0.338 e. The molecule has 18 heavy (non-hydrogen) atoms. The number of benzene rings is 1. The largest absolute Gasteiger partial charge is 0.456 e. The first-order valence-corrected chi connectivity index (χ1v) is 5.85. The van der Waals surface area contributed by atoms with Crippen LogP contribution < -0.4 is 0 Å². The molecule has 2 N–H and O–H groups in total. The lowest BCUT2D eigenvalue weighted by Gasteiger charge is -2.34. The van der Waals surface area contributed by atoms with Gasteiger partial charge in [-0.3, -0.25) is 0 Å². The van der Waals surface area contributed by atoms with Crippen LogP contribution in [-0.2, 0) is 9.47 Å². The minimum atomic E-state index is -1.32. The van der Waals surface area contributed by atoms with Crippen LogP contribution in [0.15, 0.2) is 30.3 Å². The number of hydrogen-bond donors (Lipinski definition) is 2. The second-order valence-corrected chi connectivity index (χ2v) is 4.37. The number of carbonyl (C=O) groups excluding carboxylic acids is 1. The quantitative estimate of drug-likeness (QED) is 0.758. The van der Waals surface area contributed by atoms with Gasteiger partial charge in [0.05, 0.1) is 11.7 Å². The van der Waals surface area contributed by atoms with Crippen LogP contribution in [0.2, 0.25) is 0 Å². The predicted octanol–water partition coefficient (Wildman–Crippen LogP) is 0.700. The number of aliphatic hydroxyl groups is 2. The average Bonchev–Trinajstić information content (AvgIpc) is 2.36. The number of aliphatic hydroxyl groups excluding tert-OH is 2. The number of rotatable bonds is 2. The summed E-state index contributed by atoms with van der Waals surface area (Å²) in [6, 6.07) is 8.52. The van der Waals surface area contributed by atoms with E-state index in [1.54, 1.807) is 37.3 Å².